The summed E-state index contributed by atoms with van der Waals surface area (Å²) in [5, 5.41) is 3.13. The number of carbonyl (C=O) groups is 1. The number of aromatic nitrogens is 2. The van der Waals surface area contributed by atoms with Crippen LogP contribution in [0, 0.1) is 0 Å². The highest BCUT2D eigenvalue weighted by molar-refractivity contribution is 5.93. The van der Waals surface area contributed by atoms with Gasteiger partial charge in [0, 0.05) is 42.3 Å². The van der Waals surface area contributed by atoms with Crippen LogP contribution in [0.4, 0.5) is 17.3 Å². The van der Waals surface area contributed by atoms with E-state index < -0.39 is 5.91 Å². The summed E-state index contributed by atoms with van der Waals surface area (Å²) in [4.78, 5) is 26.2. The van der Waals surface area contributed by atoms with Gasteiger partial charge in [0.1, 0.15) is 0 Å². The number of carbonyl (C=O) groups excluding carboxylic acids is 1. The van der Waals surface area contributed by atoms with Crippen LogP contribution in [0.1, 0.15) is 17.3 Å². The molecule has 0 aliphatic carbocycles. The van der Waals surface area contributed by atoms with E-state index in [9.17, 15) is 4.79 Å². The summed E-state index contributed by atoms with van der Waals surface area (Å²) in [7, 11) is 1.96. The zero-order valence-corrected chi connectivity index (χ0v) is 15.8. The van der Waals surface area contributed by atoms with E-state index >= 15 is 0 Å². The minimum atomic E-state index is -0.458. The SMILES string of the molecule is CCN=CN(C)c1ccc(-c2ccnc(Nc3ccc(C(N)=O)cc3)n2)cc1. The fourth-order valence-electron chi connectivity index (χ4n) is 2.56. The Morgan fingerprint density at radius 1 is 1.14 bits per heavy atom. The van der Waals surface area contributed by atoms with Gasteiger partial charge in [0.05, 0.1) is 12.0 Å². The monoisotopic (exact) mass is 374 g/mol. The zero-order chi connectivity index (χ0) is 19.9. The number of rotatable bonds is 7. The largest absolute Gasteiger partial charge is 0.366 e. The predicted octanol–water partition coefficient (Wildman–Crippen LogP) is 3.47. The molecule has 3 N–H and O–H groups in total. The lowest BCUT2D eigenvalue weighted by atomic mass is 10.1. The van der Waals surface area contributed by atoms with Crippen LogP contribution in [0.2, 0.25) is 0 Å². The van der Waals surface area contributed by atoms with Crippen LogP contribution < -0.4 is 16.0 Å². The number of anilines is 3. The van der Waals surface area contributed by atoms with Gasteiger partial charge >= 0.3 is 0 Å². The summed E-state index contributed by atoms with van der Waals surface area (Å²) in [6.45, 7) is 2.75. The Labute approximate surface area is 164 Å². The molecule has 0 fully saturated rings. The molecule has 0 radical (unpaired) electrons. The Hall–Kier alpha value is -3.74. The number of aliphatic imine (C=N–C) groups is 1. The molecule has 0 atom stereocenters. The highest BCUT2D eigenvalue weighted by Gasteiger charge is 2.05. The number of benzene rings is 2. The number of nitrogens with zero attached hydrogens (tertiary/aromatic N) is 4. The van der Waals surface area contributed by atoms with E-state index in [0.29, 0.717) is 11.5 Å². The Morgan fingerprint density at radius 3 is 2.50 bits per heavy atom. The number of nitrogens with one attached hydrogen (secondary N) is 1. The summed E-state index contributed by atoms with van der Waals surface area (Å²) >= 11 is 0. The zero-order valence-electron chi connectivity index (χ0n) is 15.8. The number of primary amides is 1. The van der Waals surface area contributed by atoms with Crippen LogP contribution in [0.5, 0.6) is 0 Å². The minimum Gasteiger partial charge on any atom is -0.366 e. The molecule has 0 unspecified atom stereocenters. The first-order chi connectivity index (χ1) is 13.6. The molecule has 0 saturated heterocycles. The predicted molar refractivity (Wildman–Crippen MR) is 113 cm³/mol. The van der Waals surface area contributed by atoms with Crippen molar-refractivity contribution in [2.45, 2.75) is 6.92 Å². The summed E-state index contributed by atoms with van der Waals surface area (Å²) in [6, 6.07) is 16.8. The Balaban J connectivity index is 1.75. The van der Waals surface area contributed by atoms with E-state index in [-0.39, 0.29) is 0 Å². The molecule has 7 heteroatoms. The Bertz CT molecular complexity index is 967. The normalized spacial score (nSPS) is 10.8. The van der Waals surface area contributed by atoms with Crippen molar-refractivity contribution in [2.75, 3.05) is 23.8 Å². The molecule has 28 heavy (non-hydrogen) atoms. The Kier molecular flexibility index (Phi) is 5.96. The van der Waals surface area contributed by atoms with Crippen molar-refractivity contribution in [3.8, 4) is 11.3 Å². The van der Waals surface area contributed by atoms with Gasteiger partial charge < -0.3 is 16.0 Å². The maximum Gasteiger partial charge on any atom is 0.248 e. The lowest BCUT2D eigenvalue weighted by Gasteiger charge is -2.13. The average molecular weight is 374 g/mol. The molecule has 0 aliphatic heterocycles. The van der Waals surface area contributed by atoms with Crippen LogP contribution in [-0.2, 0) is 0 Å². The highest BCUT2D eigenvalue weighted by Crippen LogP contribution is 2.22. The Morgan fingerprint density at radius 2 is 1.86 bits per heavy atom. The summed E-state index contributed by atoms with van der Waals surface area (Å²) in [6.07, 6.45) is 3.52. The van der Waals surface area contributed by atoms with Gasteiger partial charge in [-0.2, -0.15) is 0 Å². The van der Waals surface area contributed by atoms with E-state index in [1.165, 1.54) is 0 Å². The van der Waals surface area contributed by atoms with Crippen LogP contribution in [0.3, 0.4) is 0 Å². The summed E-state index contributed by atoms with van der Waals surface area (Å²) < 4.78 is 0. The smallest absolute Gasteiger partial charge is 0.248 e. The van der Waals surface area contributed by atoms with Crippen LogP contribution >= 0.6 is 0 Å². The molecule has 1 aromatic heterocycles. The van der Waals surface area contributed by atoms with Crippen molar-refractivity contribution in [1.29, 1.82) is 0 Å². The number of nitrogens with two attached hydrogens (primary N) is 1. The van der Waals surface area contributed by atoms with Gasteiger partial charge in [-0.1, -0.05) is 12.1 Å². The quantitative estimate of drug-likeness (QED) is 0.487. The molecular formula is C21H22N6O. The minimum absolute atomic E-state index is 0.453. The standard InChI is InChI=1S/C21H22N6O/c1-3-23-14-27(2)18-10-6-15(7-11-18)19-12-13-24-21(26-19)25-17-8-4-16(5-9-17)20(22)28/h4-14H,3H2,1-2H3,(H2,22,28)(H,24,25,26). The second kappa shape index (κ2) is 8.77. The van der Waals surface area contributed by atoms with Crippen LogP contribution in [0.25, 0.3) is 11.3 Å². The van der Waals surface area contributed by atoms with Crippen molar-refractivity contribution in [3.63, 3.8) is 0 Å². The second-order valence-corrected chi connectivity index (χ2v) is 6.10. The fourth-order valence-corrected chi connectivity index (χ4v) is 2.56. The molecule has 0 aliphatic rings. The third-order valence-corrected chi connectivity index (χ3v) is 4.09. The fraction of sp³-hybridized carbons (Fsp3) is 0.143. The van der Waals surface area contributed by atoms with Gasteiger partial charge in [-0.15, -0.1) is 0 Å². The first kappa shape index (κ1) is 19.0. The molecule has 1 amide bonds. The van der Waals surface area contributed by atoms with E-state index in [1.54, 1.807) is 30.5 Å². The first-order valence-electron chi connectivity index (χ1n) is 8.90. The lowest BCUT2D eigenvalue weighted by Crippen LogP contribution is -2.14. The van der Waals surface area contributed by atoms with Gasteiger partial charge in [-0.05, 0) is 49.4 Å². The van der Waals surface area contributed by atoms with E-state index in [0.717, 1.165) is 29.2 Å². The molecule has 3 aromatic rings. The van der Waals surface area contributed by atoms with Crippen molar-refractivity contribution < 1.29 is 4.79 Å². The molecule has 142 valence electrons. The highest BCUT2D eigenvalue weighted by atomic mass is 16.1. The number of hydrogen-bond donors (Lipinski definition) is 2. The van der Waals surface area contributed by atoms with Crippen molar-refractivity contribution in [3.05, 3.63) is 66.4 Å². The van der Waals surface area contributed by atoms with Crippen molar-refractivity contribution >= 4 is 29.6 Å². The molecule has 7 nitrogen and oxygen atoms in total. The van der Waals surface area contributed by atoms with Gasteiger partial charge in [-0.3, -0.25) is 9.79 Å². The van der Waals surface area contributed by atoms with E-state index in [2.05, 4.69) is 20.3 Å². The van der Waals surface area contributed by atoms with E-state index in [4.69, 9.17) is 5.73 Å². The lowest BCUT2D eigenvalue weighted by molar-refractivity contribution is 0.100. The van der Waals surface area contributed by atoms with Crippen molar-refractivity contribution in [1.82, 2.24) is 9.97 Å². The molecule has 0 saturated carbocycles. The topological polar surface area (TPSA) is 96.5 Å². The van der Waals surface area contributed by atoms with Gasteiger partial charge in [0.15, 0.2) is 0 Å². The second-order valence-electron chi connectivity index (χ2n) is 6.10. The molecule has 3 rings (SSSR count). The first-order valence-corrected chi connectivity index (χ1v) is 8.90. The molecule has 1 heterocycles. The van der Waals surface area contributed by atoms with Gasteiger partial charge in [-0.25, -0.2) is 9.97 Å². The third-order valence-electron chi connectivity index (χ3n) is 4.09. The summed E-state index contributed by atoms with van der Waals surface area (Å²) in [5.41, 5.74) is 9.32. The maximum atomic E-state index is 11.2. The van der Waals surface area contributed by atoms with Crippen LogP contribution in [-0.4, -0.2) is 35.8 Å². The molecular weight excluding hydrogens is 352 g/mol. The van der Waals surface area contributed by atoms with E-state index in [1.807, 2.05) is 55.5 Å². The average Bonchev–Trinajstić information content (AvgIpc) is 2.72. The molecule has 0 bridgehead atoms. The molecule has 2 aromatic carbocycles. The maximum absolute atomic E-state index is 11.2. The number of amides is 1. The van der Waals surface area contributed by atoms with Gasteiger partial charge in [0.25, 0.3) is 0 Å². The summed E-state index contributed by atoms with van der Waals surface area (Å²) in [5.74, 6) is 0.0143. The molecule has 0 spiro atoms. The van der Waals surface area contributed by atoms with Gasteiger partial charge in [0.2, 0.25) is 11.9 Å². The third kappa shape index (κ3) is 4.70. The van der Waals surface area contributed by atoms with Crippen LogP contribution in [0.15, 0.2) is 65.8 Å². The van der Waals surface area contributed by atoms with Crippen molar-refractivity contribution in [2.24, 2.45) is 10.7 Å². The number of hydrogen-bond acceptors (Lipinski definition) is 5.